The highest BCUT2D eigenvalue weighted by atomic mass is 16.5. The number of hydrogen-bond donors (Lipinski definition) is 2. The highest BCUT2D eigenvalue weighted by Gasteiger charge is 2.28. The molecule has 138 valence electrons. The van der Waals surface area contributed by atoms with Crippen LogP contribution in [0, 0.1) is 0 Å². The van der Waals surface area contributed by atoms with Crippen molar-refractivity contribution in [2.75, 3.05) is 31.6 Å². The van der Waals surface area contributed by atoms with Crippen molar-refractivity contribution in [2.24, 2.45) is 0 Å². The lowest BCUT2D eigenvalue weighted by molar-refractivity contribution is -0.123. The molecule has 3 rings (SSSR count). The largest absolute Gasteiger partial charge is 0.375 e. The van der Waals surface area contributed by atoms with Gasteiger partial charge >= 0.3 is 0 Å². The SMILES string of the molecule is CC1CN(Cc2cccc(NC(=O)[C@H]3NCCO[C@@H]3C)c2)CC(C)O1. The van der Waals surface area contributed by atoms with Crippen LogP contribution in [0.3, 0.4) is 0 Å². The molecule has 0 bridgehead atoms. The summed E-state index contributed by atoms with van der Waals surface area (Å²) in [6.07, 6.45) is 0.393. The van der Waals surface area contributed by atoms with Crippen LogP contribution in [0.1, 0.15) is 26.3 Å². The van der Waals surface area contributed by atoms with Crippen molar-refractivity contribution in [1.29, 1.82) is 0 Å². The van der Waals surface area contributed by atoms with Gasteiger partial charge in [0.15, 0.2) is 0 Å². The molecule has 0 aromatic heterocycles. The molecule has 6 nitrogen and oxygen atoms in total. The smallest absolute Gasteiger partial charge is 0.244 e. The number of ether oxygens (including phenoxy) is 2. The topological polar surface area (TPSA) is 62.8 Å². The van der Waals surface area contributed by atoms with Crippen LogP contribution in [0.5, 0.6) is 0 Å². The predicted molar refractivity (Wildman–Crippen MR) is 97.6 cm³/mol. The summed E-state index contributed by atoms with van der Waals surface area (Å²) in [6.45, 7) is 10.2. The fourth-order valence-corrected chi connectivity index (χ4v) is 3.67. The highest BCUT2D eigenvalue weighted by molar-refractivity contribution is 5.95. The Balaban J connectivity index is 1.60. The quantitative estimate of drug-likeness (QED) is 0.866. The summed E-state index contributed by atoms with van der Waals surface area (Å²) in [4.78, 5) is 14.9. The minimum absolute atomic E-state index is 0.0435. The number of anilines is 1. The fraction of sp³-hybridized carbons (Fsp3) is 0.632. The average Bonchev–Trinajstić information content (AvgIpc) is 2.54. The third-order valence-corrected chi connectivity index (χ3v) is 4.69. The van der Waals surface area contributed by atoms with Crippen LogP contribution < -0.4 is 10.6 Å². The van der Waals surface area contributed by atoms with Gasteiger partial charge in [0.25, 0.3) is 0 Å². The van der Waals surface area contributed by atoms with Crippen molar-refractivity contribution in [2.45, 2.75) is 51.7 Å². The second kappa shape index (κ2) is 8.27. The summed E-state index contributed by atoms with van der Waals surface area (Å²) in [5.41, 5.74) is 2.02. The van der Waals surface area contributed by atoms with Gasteiger partial charge < -0.3 is 20.1 Å². The Kier molecular flexibility index (Phi) is 6.06. The van der Waals surface area contributed by atoms with E-state index in [0.29, 0.717) is 13.2 Å². The van der Waals surface area contributed by atoms with Crippen molar-refractivity contribution < 1.29 is 14.3 Å². The number of carbonyl (C=O) groups excluding carboxylic acids is 1. The van der Waals surface area contributed by atoms with Crippen LogP contribution in [0.4, 0.5) is 5.69 Å². The van der Waals surface area contributed by atoms with Crippen LogP contribution in [0.25, 0.3) is 0 Å². The first-order chi connectivity index (χ1) is 12.0. The number of nitrogens with zero attached hydrogens (tertiary/aromatic N) is 1. The Bertz CT molecular complexity index is 585. The molecule has 0 radical (unpaired) electrons. The zero-order chi connectivity index (χ0) is 17.8. The second-order valence-electron chi connectivity index (χ2n) is 7.15. The van der Waals surface area contributed by atoms with E-state index in [9.17, 15) is 4.79 Å². The van der Waals surface area contributed by atoms with Crippen LogP contribution in [-0.4, -0.2) is 61.4 Å². The maximum atomic E-state index is 12.5. The predicted octanol–water partition coefficient (Wildman–Crippen LogP) is 1.61. The van der Waals surface area contributed by atoms with Crippen molar-refractivity contribution in [1.82, 2.24) is 10.2 Å². The molecule has 1 aromatic rings. The van der Waals surface area contributed by atoms with E-state index in [0.717, 1.165) is 25.3 Å². The molecule has 25 heavy (non-hydrogen) atoms. The third kappa shape index (κ3) is 5.01. The van der Waals surface area contributed by atoms with Gasteiger partial charge in [-0.2, -0.15) is 0 Å². The number of morpholine rings is 2. The summed E-state index contributed by atoms with van der Waals surface area (Å²) in [5, 5.41) is 6.23. The summed E-state index contributed by atoms with van der Waals surface area (Å²) in [7, 11) is 0. The summed E-state index contributed by atoms with van der Waals surface area (Å²) in [6, 6.07) is 7.77. The Morgan fingerprint density at radius 3 is 2.76 bits per heavy atom. The molecule has 0 saturated carbocycles. The molecule has 2 unspecified atom stereocenters. The molecule has 1 aromatic carbocycles. The Labute approximate surface area is 149 Å². The minimum atomic E-state index is -0.307. The number of carbonyl (C=O) groups is 1. The third-order valence-electron chi connectivity index (χ3n) is 4.69. The number of amides is 1. The molecule has 2 aliphatic rings. The Hall–Kier alpha value is -1.47. The van der Waals surface area contributed by atoms with Gasteiger partial charge in [-0.3, -0.25) is 9.69 Å². The summed E-state index contributed by atoms with van der Waals surface area (Å²) < 4.78 is 11.3. The molecular weight excluding hydrogens is 318 g/mol. The molecule has 0 aliphatic carbocycles. The lowest BCUT2D eigenvalue weighted by Crippen LogP contribution is -2.53. The molecule has 2 N–H and O–H groups in total. The van der Waals surface area contributed by atoms with E-state index >= 15 is 0 Å². The lowest BCUT2D eigenvalue weighted by atomic mass is 10.1. The highest BCUT2D eigenvalue weighted by Crippen LogP contribution is 2.17. The van der Waals surface area contributed by atoms with Crippen LogP contribution in [-0.2, 0) is 20.8 Å². The average molecular weight is 347 g/mol. The van der Waals surface area contributed by atoms with Crippen LogP contribution in [0.2, 0.25) is 0 Å². The molecule has 2 aliphatic heterocycles. The molecule has 2 saturated heterocycles. The van der Waals surface area contributed by atoms with Crippen molar-refractivity contribution in [3.63, 3.8) is 0 Å². The van der Waals surface area contributed by atoms with Crippen molar-refractivity contribution in [3.05, 3.63) is 29.8 Å². The minimum Gasteiger partial charge on any atom is -0.375 e. The first-order valence-corrected chi connectivity index (χ1v) is 9.14. The van der Waals surface area contributed by atoms with E-state index in [-0.39, 0.29) is 30.3 Å². The van der Waals surface area contributed by atoms with E-state index in [1.165, 1.54) is 5.56 Å². The molecular formula is C19H29N3O3. The Morgan fingerprint density at radius 1 is 1.28 bits per heavy atom. The van der Waals surface area contributed by atoms with Gasteiger partial charge in [0.2, 0.25) is 5.91 Å². The van der Waals surface area contributed by atoms with Crippen LogP contribution in [0.15, 0.2) is 24.3 Å². The maximum Gasteiger partial charge on any atom is 0.244 e. The van der Waals surface area contributed by atoms with Gasteiger partial charge in [-0.05, 0) is 38.5 Å². The number of rotatable bonds is 4. The number of nitrogens with one attached hydrogen (secondary N) is 2. The molecule has 6 heteroatoms. The van der Waals surface area contributed by atoms with E-state index in [1.807, 2.05) is 19.1 Å². The molecule has 4 atom stereocenters. The monoisotopic (exact) mass is 347 g/mol. The van der Waals surface area contributed by atoms with E-state index in [4.69, 9.17) is 9.47 Å². The van der Waals surface area contributed by atoms with Crippen LogP contribution >= 0.6 is 0 Å². The molecule has 2 fully saturated rings. The van der Waals surface area contributed by atoms with Gasteiger partial charge in [-0.1, -0.05) is 12.1 Å². The first-order valence-electron chi connectivity index (χ1n) is 9.14. The molecule has 2 heterocycles. The maximum absolute atomic E-state index is 12.5. The van der Waals surface area contributed by atoms with E-state index < -0.39 is 0 Å². The number of hydrogen-bond acceptors (Lipinski definition) is 5. The summed E-state index contributed by atoms with van der Waals surface area (Å²) >= 11 is 0. The summed E-state index contributed by atoms with van der Waals surface area (Å²) in [5.74, 6) is -0.0435. The fourth-order valence-electron chi connectivity index (χ4n) is 3.67. The normalized spacial score (nSPS) is 30.8. The van der Waals surface area contributed by atoms with Gasteiger partial charge in [0.05, 0.1) is 24.9 Å². The standard InChI is InChI=1S/C19H29N3O3/c1-13-10-22(11-14(2)25-13)12-16-5-4-6-17(9-16)21-19(23)18-15(3)24-8-7-20-18/h4-6,9,13-15,18,20H,7-8,10-12H2,1-3H3,(H,21,23)/t13?,14?,15-,18+/m1/s1. The zero-order valence-electron chi connectivity index (χ0n) is 15.3. The Morgan fingerprint density at radius 2 is 2.04 bits per heavy atom. The van der Waals surface area contributed by atoms with Gasteiger partial charge in [0.1, 0.15) is 6.04 Å². The van der Waals surface area contributed by atoms with E-state index in [1.54, 1.807) is 0 Å². The molecule has 0 spiro atoms. The number of benzene rings is 1. The first kappa shape index (κ1) is 18.3. The van der Waals surface area contributed by atoms with Gasteiger partial charge in [-0.25, -0.2) is 0 Å². The second-order valence-corrected chi connectivity index (χ2v) is 7.15. The van der Waals surface area contributed by atoms with Crippen molar-refractivity contribution >= 4 is 11.6 Å². The van der Waals surface area contributed by atoms with Crippen molar-refractivity contribution in [3.8, 4) is 0 Å². The van der Waals surface area contributed by atoms with Gasteiger partial charge in [0, 0.05) is 31.9 Å². The van der Waals surface area contributed by atoms with Gasteiger partial charge in [-0.15, -0.1) is 0 Å². The molecule has 1 amide bonds. The van der Waals surface area contributed by atoms with E-state index in [2.05, 4.69) is 41.5 Å². The zero-order valence-corrected chi connectivity index (χ0v) is 15.3. The lowest BCUT2D eigenvalue weighted by Gasteiger charge is -2.35.